The van der Waals surface area contributed by atoms with Crippen LogP contribution in [0.4, 0.5) is 5.69 Å². The summed E-state index contributed by atoms with van der Waals surface area (Å²) in [6.45, 7) is 0.318. The summed E-state index contributed by atoms with van der Waals surface area (Å²) < 4.78 is 10.3. The van der Waals surface area contributed by atoms with Gasteiger partial charge in [0, 0.05) is 29.2 Å². The van der Waals surface area contributed by atoms with E-state index in [2.05, 4.69) is 10.1 Å². The first-order valence-electron chi connectivity index (χ1n) is 9.22. The fourth-order valence-electron chi connectivity index (χ4n) is 3.17. The highest BCUT2D eigenvalue weighted by molar-refractivity contribution is 6.30. The molecule has 29 heavy (non-hydrogen) atoms. The summed E-state index contributed by atoms with van der Waals surface area (Å²) in [5.74, 6) is 0.0304. The van der Waals surface area contributed by atoms with E-state index in [1.54, 1.807) is 29.2 Å². The van der Waals surface area contributed by atoms with E-state index in [-0.39, 0.29) is 25.4 Å². The number of hydrogen-bond donors (Lipinski definition) is 0. The average molecular weight is 412 g/mol. The first kappa shape index (κ1) is 19.1. The first-order chi connectivity index (χ1) is 14.1. The maximum absolute atomic E-state index is 12.4. The second-order valence-corrected chi connectivity index (χ2v) is 7.04. The van der Waals surface area contributed by atoms with Gasteiger partial charge in [-0.3, -0.25) is 9.59 Å². The third kappa shape index (κ3) is 4.46. The topological polar surface area (TPSA) is 85.5 Å². The number of hydrogen-bond acceptors (Lipinski definition) is 6. The summed E-state index contributed by atoms with van der Waals surface area (Å²) in [6.07, 6.45) is 1.09. The Balaban J connectivity index is 1.26. The molecule has 0 unspecified atom stereocenters. The van der Waals surface area contributed by atoms with Gasteiger partial charge in [0.05, 0.1) is 6.42 Å². The van der Waals surface area contributed by atoms with E-state index in [1.165, 1.54) is 0 Å². The van der Waals surface area contributed by atoms with Crippen molar-refractivity contribution >= 4 is 29.2 Å². The van der Waals surface area contributed by atoms with Gasteiger partial charge in [-0.2, -0.15) is 4.98 Å². The van der Waals surface area contributed by atoms with Crippen LogP contribution in [0.15, 0.2) is 53.1 Å². The zero-order valence-corrected chi connectivity index (χ0v) is 16.3. The summed E-state index contributed by atoms with van der Waals surface area (Å²) in [6, 6.07) is 14.8. The Morgan fingerprint density at radius 2 is 1.93 bits per heavy atom. The van der Waals surface area contributed by atoms with Crippen molar-refractivity contribution in [2.24, 2.45) is 0 Å². The molecule has 0 aliphatic carbocycles. The van der Waals surface area contributed by atoms with Crippen LogP contribution in [0.1, 0.15) is 17.9 Å². The molecule has 3 aromatic rings. The van der Waals surface area contributed by atoms with Gasteiger partial charge in [0.2, 0.25) is 11.7 Å². The van der Waals surface area contributed by atoms with E-state index in [4.69, 9.17) is 20.9 Å². The van der Waals surface area contributed by atoms with Crippen molar-refractivity contribution in [3.05, 3.63) is 65.0 Å². The number of aromatic nitrogens is 2. The second kappa shape index (κ2) is 8.45. The van der Waals surface area contributed by atoms with E-state index in [1.807, 2.05) is 24.3 Å². The van der Waals surface area contributed by atoms with Crippen LogP contribution in [-0.2, 0) is 27.2 Å². The number of para-hydroxylation sites is 1. The highest BCUT2D eigenvalue weighted by Gasteiger charge is 2.24. The lowest BCUT2D eigenvalue weighted by Gasteiger charge is -2.17. The standard InChI is InChI=1S/C21H18ClN3O4/c22-16-7-5-15(6-8-16)21-23-18(29-24-21)9-10-20(27)28-13-19(26)25-12-11-14-3-1-2-4-17(14)25/h1-8H,9-13H2. The Labute approximate surface area is 172 Å². The molecule has 1 aliphatic rings. The molecule has 148 valence electrons. The molecule has 0 spiro atoms. The minimum absolute atomic E-state index is 0.0477. The van der Waals surface area contributed by atoms with Gasteiger partial charge in [-0.15, -0.1) is 0 Å². The molecule has 0 bridgehead atoms. The van der Waals surface area contributed by atoms with Gasteiger partial charge in [0.25, 0.3) is 5.91 Å². The van der Waals surface area contributed by atoms with Gasteiger partial charge in [-0.1, -0.05) is 35.0 Å². The number of esters is 1. The van der Waals surface area contributed by atoms with Gasteiger partial charge >= 0.3 is 5.97 Å². The summed E-state index contributed by atoms with van der Waals surface area (Å²) >= 11 is 5.86. The predicted octanol–water partition coefficient (Wildman–Crippen LogP) is 3.46. The number of rotatable bonds is 6. The Kier molecular flexibility index (Phi) is 5.57. The van der Waals surface area contributed by atoms with Crippen LogP contribution in [0.25, 0.3) is 11.4 Å². The lowest BCUT2D eigenvalue weighted by Crippen LogP contribution is -2.33. The Morgan fingerprint density at radius 1 is 1.14 bits per heavy atom. The number of carbonyl (C=O) groups is 2. The molecule has 1 aromatic heterocycles. The highest BCUT2D eigenvalue weighted by atomic mass is 35.5. The Bertz CT molecular complexity index is 1030. The molecule has 1 aliphatic heterocycles. The van der Waals surface area contributed by atoms with Crippen molar-refractivity contribution in [2.75, 3.05) is 18.1 Å². The van der Waals surface area contributed by atoms with Crippen LogP contribution in [0.3, 0.4) is 0 Å². The van der Waals surface area contributed by atoms with Crippen molar-refractivity contribution in [1.82, 2.24) is 10.1 Å². The lowest BCUT2D eigenvalue weighted by atomic mass is 10.2. The largest absolute Gasteiger partial charge is 0.456 e. The van der Waals surface area contributed by atoms with Gasteiger partial charge in [0.1, 0.15) is 0 Å². The third-order valence-electron chi connectivity index (χ3n) is 4.66. The lowest BCUT2D eigenvalue weighted by molar-refractivity contribution is -0.147. The summed E-state index contributed by atoms with van der Waals surface area (Å²) in [7, 11) is 0. The summed E-state index contributed by atoms with van der Waals surface area (Å²) in [5, 5.41) is 4.52. The fraction of sp³-hybridized carbons (Fsp3) is 0.238. The normalized spacial score (nSPS) is 12.7. The van der Waals surface area contributed by atoms with Crippen LogP contribution < -0.4 is 4.90 Å². The van der Waals surface area contributed by atoms with E-state index in [9.17, 15) is 9.59 Å². The van der Waals surface area contributed by atoms with E-state index in [0.29, 0.717) is 23.3 Å². The molecule has 0 atom stereocenters. The fourth-order valence-corrected chi connectivity index (χ4v) is 3.30. The maximum Gasteiger partial charge on any atom is 0.306 e. The highest BCUT2D eigenvalue weighted by Crippen LogP contribution is 2.27. The van der Waals surface area contributed by atoms with Crippen LogP contribution in [0, 0.1) is 0 Å². The molecule has 1 amide bonds. The summed E-state index contributed by atoms with van der Waals surface area (Å²) in [4.78, 5) is 30.3. The smallest absolute Gasteiger partial charge is 0.306 e. The molecule has 0 saturated heterocycles. The predicted molar refractivity (Wildman–Crippen MR) is 107 cm³/mol. The number of carbonyl (C=O) groups excluding carboxylic acids is 2. The van der Waals surface area contributed by atoms with Gasteiger partial charge in [-0.25, -0.2) is 0 Å². The van der Waals surface area contributed by atoms with E-state index in [0.717, 1.165) is 23.2 Å². The van der Waals surface area contributed by atoms with E-state index >= 15 is 0 Å². The number of aryl methyl sites for hydroxylation is 1. The van der Waals surface area contributed by atoms with E-state index < -0.39 is 5.97 Å². The molecule has 4 rings (SSSR count). The minimum Gasteiger partial charge on any atom is -0.456 e. The number of anilines is 1. The van der Waals surface area contributed by atoms with Crippen molar-refractivity contribution in [3.8, 4) is 11.4 Å². The molecular weight excluding hydrogens is 394 g/mol. The SMILES string of the molecule is O=C(CCc1nc(-c2ccc(Cl)cc2)no1)OCC(=O)N1CCc2ccccc21. The quantitative estimate of drug-likeness (QED) is 0.577. The molecule has 0 radical (unpaired) electrons. The maximum atomic E-state index is 12.4. The molecule has 2 heterocycles. The van der Waals surface area contributed by atoms with Gasteiger partial charge in [-0.05, 0) is 42.3 Å². The molecule has 0 fully saturated rings. The van der Waals surface area contributed by atoms with Crippen LogP contribution in [0.2, 0.25) is 5.02 Å². The molecule has 7 nitrogen and oxygen atoms in total. The molecule has 2 aromatic carbocycles. The minimum atomic E-state index is -0.489. The monoisotopic (exact) mass is 411 g/mol. The number of amides is 1. The molecule has 0 saturated carbocycles. The van der Waals surface area contributed by atoms with Gasteiger partial charge in [0.15, 0.2) is 6.61 Å². The van der Waals surface area contributed by atoms with Crippen molar-refractivity contribution in [2.45, 2.75) is 19.3 Å². The number of benzene rings is 2. The number of nitrogens with zero attached hydrogens (tertiary/aromatic N) is 3. The third-order valence-corrected chi connectivity index (χ3v) is 4.91. The number of halogens is 1. The Morgan fingerprint density at radius 3 is 2.76 bits per heavy atom. The van der Waals surface area contributed by atoms with Gasteiger partial charge < -0.3 is 14.2 Å². The second-order valence-electron chi connectivity index (χ2n) is 6.60. The molecule has 8 heteroatoms. The van der Waals surface area contributed by atoms with Crippen molar-refractivity contribution in [3.63, 3.8) is 0 Å². The van der Waals surface area contributed by atoms with Crippen LogP contribution >= 0.6 is 11.6 Å². The molecular formula is C21H18ClN3O4. The summed E-state index contributed by atoms with van der Waals surface area (Å²) in [5.41, 5.74) is 2.78. The number of fused-ring (bicyclic) bond motifs is 1. The first-order valence-corrected chi connectivity index (χ1v) is 9.60. The molecule has 0 N–H and O–H groups in total. The van der Waals surface area contributed by atoms with Crippen molar-refractivity contribution < 1.29 is 18.8 Å². The average Bonchev–Trinajstić information content (AvgIpc) is 3.38. The van der Waals surface area contributed by atoms with Crippen LogP contribution in [0.5, 0.6) is 0 Å². The Hall–Kier alpha value is -3.19. The van der Waals surface area contributed by atoms with Crippen LogP contribution in [-0.4, -0.2) is 35.2 Å². The number of ether oxygens (including phenoxy) is 1. The zero-order chi connectivity index (χ0) is 20.2. The van der Waals surface area contributed by atoms with Crippen molar-refractivity contribution in [1.29, 1.82) is 0 Å². The zero-order valence-electron chi connectivity index (χ0n) is 15.5.